The van der Waals surface area contributed by atoms with Crippen molar-refractivity contribution in [1.82, 2.24) is 0 Å². The van der Waals surface area contributed by atoms with Crippen LogP contribution in [0.2, 0.25) is 0 Å². The van der Waals surface area contributed by atoms with Crippen LogP contribution in [0.3, 0.4) is 0 Å². The number of hydrogen-bond acceptors (Lipinski definition) is 3. The van der Waals surface area contributed by atoms with Crippen LogP contribution in [0.25, 0.3) is 0 Å². The van der Waals surface area contributed by atoms with E-state index in [9.17, 15) is 9.90 Å². The van der Waals surface area contributed by atoms with Crippen LogP contribution in [0.4, 0.5) is 0 Å². The van der Waals surface area contributed by atoms with E-state index >= 15 is 0 Å². The molecule has 3 nitrogen and oxygen atoms in total. The molecule has 0 aromatic heterocycles. The second-order valence-corrected chi connectivity index (χ2v) is 4.98. The van der Waals surface area contributed by atoms with Gasteiger partial charge in [-0.15, -0.1) is 0 Å². The summed E-state index contributed by atoms with van der Waals surface area (Å²) in [7, 11) is 0. The van der Waals surface area contributed by atoms with E-state index in [1.165, 1.54) is 0 Å². The maximum Gasteiger partial charge on any atom is 0.341 e. The molecule has 0 radical (unpaired) electrons. The zero-order chi connectivity index (χ0) is 12.8. The number of fused-ring (bicyclic) bond motifs is 1. The molecule has 2 rings (SSSR count). The molecular formula is C14H16O3. The van der Waals surface area contributed by atoms with Crippen molar-refractivity contribution in [3.63, 3.8) is 0 Å². The van der Waals surface area contributed by atoms with Crippen molar-refractivity contribution < 1.29 is 14.6 Å². The van der Waals surface area contributed by atoms with Gasteiger partial charge in [-0.2, -0.15) is 0 Å². The molecule has 1 atom stereocenters. The summed E-state index contributed by atoms with van der Waals surface area (Å²) in [5.41, 5.74) is 0.946. The fourth-order valence-electron chi connectivity index (χ4n) is 1.95. The van der Waals surface area contributed by atoms with Crippen molar-refractivity contribution in [2.45, 2.75) is 26.6 Å². The number of carbonyl (C=O) groups excluding carboxylic acids is 1. The lowest BCUT2D eigenvalue weighted by atomic mass is 9.74. The third-order valence-electron chi connectivity index (χ3n) is 3.67. The van der Waals surface area contributed by atoms with Crippen LogP contribution < -0.4 is 0 Å². The van der Waals surface area contributed by atoms with Gasteiger partial charge in [-0.1, -0.05) is 30.4 Å². The summed E-state index contributed by atoms with van der Waals surface area (Å²) in [6.45, 7) is 9.30. The first-order valence-electron chi connectivity index (χ1n) is 5.52. The Morgan fingerprint density at radius 3 is 2.59 bits per heavy atom. The molecule has 1 aromatic carbocycles. The Kier molecular flexibility index (Phi) is 2.40. The summed E-state index contributed by atoms with van der Waals surface area (Å²) in [5, 5.41) is 10.7. The van der Waals surface area contributed by atoms with Gasteiger partial charge in [0.1, 0.15) is 0 Å². The van der Waals surface area contributed by atoms with Crippen LogP contribution in [0.15, 0.2) is 36.4 Å². The molecule has 17 heavy (non-hydrogen) atoms. The van der Waals surface area contributed by atoms with Crippen LogP contribution in [0.5, 0.6) is 0 Å². The van der Waals surface area contributed by atoms with Crippen LogP contribution in [0.1, 0.15) is 36.7 Å². The summed E-state index contributed by atoms with van der Waals surface area (Å²) < 4.78 is 5.20. The smallest absolute Gasteiger partial charge is 0.341 e. The van der Waals surface area contributed by atoms with E-state index in [2.05, 4.69) is 6.58 Å². The number of benzene rings is 1. The van der Waals surface area contributed by atoms with Crippen molar-refractivity contribution in [3.05, 3.63) is 47.5 Å². The second-order valence-electron chi connectivity index (χ2n) is 4.98. The SMILES string of the molecule is C=C(C)C(C)(C)C1(O)OC(=O)c2ccccc21. The van der Waals surface area contributed by atoms with Gasteiger partial charge in [0, 0.05) is 5.56 Å². The highest BCUT2D eigenvalue weighted by molar-refractivity contribution is 5.94. The average molecular weight is 232 g/mol. The van der Waals surface area contributed by atoms with E-state index < -0.39 is 17.2 Å². The van der Waals surface area contributed by atoms with Gasteiger partial charge in [-0.25, -0.2) is 4.79 Å². The van der Waals surface area contributed by atoms with Crippen LogP contribution in [-0.4, -0.2) is 11.1 Å². The molecule has 1 aliphatic rings. The summed E-state index contributed by atoms with van der Waals surface area (Å²) >= 11 is 0. The molecule has 0 aliphatic carbocycles. The normalized spacial score (nSPS) is 23.2. The lowest BCUT2D eigenvalue weighted by Gasteiger charge is -2.39. The highest BCUT2D eigenvalue weighted by Crippen LogP contribution is 2.49. The van der Waals surface area contributed by atoms with Crippen LogP contribution in [-0.2, 0) is 10.5 Å². The van der Waals surface area contributed by atoms with Crippen LogP contribution in [0, 0.1) is 5.41 Å². The number of carbonyl (C=O) groups is 1. The van der Waals surface area contributed by atoms with Crippen molar-refractivity contribution in [1.29, 1.82) is 0 Å². The van der Waals surface area contributed by atoms with E-state index in [1.807, 2.05) is 20.8 Å². The third kappa shape index (κ3) is 1.42. The third-order valence-corrected chi connectivity index (χ3v) is 3.67. The first-order chi connectivity index (χ1) is 7.80. The minimum atomic E-state index is -1.63. The van der Waals surface area contributed by atoms with E-state index in [4.69, 9.17) is 4.74 Å². The molecule has 0 amide bonds. The Morgan fingerprint density at radius 2 is 2.00 bits per heavy atom. The lowest BCUT2D eigenvalue weighted by molar-refractivity contribution is -0.221. The highest BCUT2D eigenvalue weighted by atomic mass is 16.7. The van der Waals surface area contributed by atoms with Gasteiger partial charge in [0.15, 0.2) is 0 Å². The molecule has 1 N–H and O–H groups in total. The van der Waals surface area contributed by atoms with Gasteiger partial charge in [0.2, 0.25) is 5.79 Å². The van der Waals surface area contributed by atoms with Crippen molar-refractivity contribution in [2.24, 2.45) is 5.41 Å². The fourth-order valence-corrected chi connectivity index (χ4v) is 1.95. The zero-order valence-electron chi connectivity index (χ0n) is 10.3. The molecule has 0 fully saturated rings. The summed E-state index contributed by atoms with van der Waals surface area (Å²) in [6, 6.07) is 6.90. The van der Waals surface area contributed by atoms with Crippen molar-refractivity contribution >= 4 is 5.97 Å². The minimum Gasteiger partial charge on any atom is -0.424 e. The zero-order valence-corrected chi connectivity index (χ0v) is 10.3. The lowest BCUT2D eigenvalue weighted by Crippen LogP contribution is -2.42. The molecule has 1 unspecified atom stereocenters. The molecule has 1 heterocycles. The standard InChI is InChI=1S/C14H16O3/c1-9(2)13(3,4)14(16)11-8-6-5-7-10(11)12(15)17-14/h5-8,16H,1H2,2-4H3. The fraction of sp³-hybridized carbons (Fsp3) is 0.357. The maximum atomic E-state index is 11.7. The number of esters is 1. The molecule has 0 saturated heterocycles. The van der Waals surface area contributed by atoms with E-state index in [-0.39, 0.29) is 0 Å². The largest absolute Gasteiger partial charge is 0.424 e. The molecule has 1 aliphatic heterocycles. The first-order valence-corrected chi connectivity index (χ1v) is 5.52. The van der Waals surface area contributed by atoms with Gasteiger partial charge >= 0.3 is 5.97 Å². The Hall–Kier alpha value is -1.61. The summed E-state index contributed by atoms with van der Waals surface area (Å²) in [5.74, 6) is -2.12. The van der Waals surface area contributed by atoms with Gasteiger partial charge in [0.25, 0.3) is 0 Å². The van der Waals surface area contributed by atoms with E-state index in [1.54, 1.807) is 24.3 Å². The minimum absolute atomic E-state index is 0.421. The van der Waals surface area contributed by atoms with Crippen LogP contribution >= 0.6 is 0 Å². The topological polar surface area (TPSA) is 46.5 Å². The maximum absolute atomic E-state index is 11.7. The number of rotatable bonds is 2. The predicted octanol–water partition coefficient (Wildman–Crippen LogP) is 2.60. The molecule has 0 saturated carbocycles. The Labute approximate surface area is 101 Å². The monoisotopic (exact) mass is 232 g/mol. The van der Waals surface area contributed by atoms with Crippen molar-refractivity contribution in [2.75, 3.05) is 0 Å². The molecular weight excluding hydrogens is 216 g/mol. The number of cyclic esters (lactones) is 1. The van der Waals surface area contributed by atoms with Gasteiger partial charge < -0.3 is 9.84 Å². The van der Waals surface area contributed by atoms with Gasteiger partial charge in [-0.05, 0) is 26.8 Å². The number of hydrogen-bond donors (Lipinski definition) is 1. The Bertz CT molecular complexity index is 502. The molecule has 90 valence electrons. The quantitative estimate of drug-likeness (QED) is 0.629. The number of ether oxygens (including phenoxy) is 1. The summed E-state index contributed by atoms with van der Waals surface area (Å²) in [4.78, 5) is 11.7. The van der Waals surface area contributed by atoms with Gasteiger partial charge in [-0.3, -0.25) is 0 Å². The van der Waals surface area contributed by atoms with E-state index in [0.717, 1.165) is 5.57 Å². The molecule has 3 heteroatoms. The Balaban J connectivity index is 2.63. The molecule has 0 spiro atoms. The summed E-state index contributed by atoms with van der Waals surface area (Å²) in [6.07, 6.45) is 0. The van der Waals surface area contributed by atoms with Crippen molar-refractivity contribution in [3.8, 4) is 0 Å². The Morgan fingerprint density at radius 1 is 1.41 bits per heavy atom. The molecule has 1 aromatic rings. The van der Waals surface area contributed by atoms with E-state index in [0.29, 0.717) is 11.1 Å². The average Bonchev–Trinajstić information content (AvgIpc) is 2.53. The second kappa shape index (κ2) is 3.44. The first kappa shape index (κ1) is 11.9. The molecule has 0 bridgehead atoms. The van der Waals surface area contributed by atoms with Gasteiger partial charge in [0.05, 0.1) is 11.0 Å². The number of aliphatic hydroxyl groups is 1. The highest BCUT2D eigenvalue weighted by Gasteiger charge is 2.54. The predicted molar refractivity (Wildman–Crippen MR) is 64.3 cm³/mol.